The van der Waals surface area contributed by atoms with Gasteiger partial charge in [-0.2, -0.15) is 0 Å². The van der Waals surface area contributed by atoms with E-state index < -0.39 is 0 Å². The lowest BCUT2D eigenvalue weighted by Gasteiger charge is -2.28. The number of nitrogens with one attached hydrogen (secondary N) is 1. The second kappa shape index (κ2) is 5.39. The Morgan fingerprint density at radius 3 is 2.48 bits per heavy atom. The van der Waals surface area contributed by atoms with Crippen molar-refractivity contribution in [2.24, 2.45) is 29.6 Å². The lowest BCUT2D eigenvalue weighted by Crippen LogP contribution is -2.38. The summed E-state index contributed by atoms with van der Waals surface area (Å²) in [6, 6.07) is 5.08. The van der Waals surface area contributed by atoms with Gasteiger partial charge in [0.1, 0.15) is 0 Å². The molecule has 2 nitrogen and oxygen atoms in total. The Morgan fingerprint density at radius 1 is 1.19 bits per heavy atom. The summed E-state index contributed by atoms with van der Waals surface area (Å²) < 4.78 is 0. The summed E-state index contributed by atoms with van der Waals surface area (Å²) in [6.45, 7) is 5.85. The Labute approximate surface area is 128 Å². The SMILES string of the molecule is CCCNC(C(C)c1ccncc1)C1C2C3CCC(C3)C21. The smallest absolute Gasteiger partial charge is 0.0270 e. The molecule has 0 amide bonds. The van der Waals surface area contributed by atoms with E-state index >= 15 is 0 Å². The topological polar surface area (TPSA) is 24.9 Å². The largest absolute Gasteiger partial charge is 0.313 e. The summed E-state index contributed by atoms with van der Waals surface area (Å²) in [6.07, 6.45) is 9.71. The van der Waals surface area contributed by atoms with Gasteiger partial charge in [-0.3, -0.25) is 4.98 Å². The van der Waals surface area contributed by atoms with E-state index in [1.165, 1.54) is 24.8 Å². The van der Waals surface area contributed by atoms with Crippen LogP contribution in [0.15, 0.2) is 24.5 Å². The first-order valence-corrected chi connectivity index (χ1v) is 8.94. The normalized spacial score (nSPS) is 39.0. The molecule has 0 aromatic carbocycles. The van der Waals surface area contributed by atoms with Crippen molar-refractivity contribution in [2.75, 3.05) is 6.54 Å². The van der Waals surface area contributed by atoms with Crippen LogP contribution in [0, 0.1) is 29.6 Å². The summed E-state index contributed by atoms with van der Waals surface area (Å²) in [4.78, 5) is 4.18. The Kier molecular flexibility index (Phi) is 3.53. The van der Waals surface area contributed by atoms with Crippen LogP contribution in [-0.4, -0.2) is 17.6 Å². The average molecular weight is 284 g/mol. The van der Waals surface area contributed by atoms with Crippen molar-refractivity contribution >= 4 is 0 Å². The molecular weight excluding hydrogens is 256 g/mol. The maximum Gasteiger partial charge on any atom is 0.0270 e. The molecule has 3 saturated carbocycles. The first-order valence-electron chi connectivity index (χ1n) is 8.94. The standard InChI is InChI=1S/C19H28N2/c1-3-8-21-19(12(2)13-6-9-20-10-7-13)18-16-14-4-5-15(11-14)17(16)18/h6-7,9-10,12,14-19,21H,3-5,8,11H2,1-2H3. The minimum absolute atomic E-state index is 0.606. The van der Waals surface area contributed by atoms with Gasteiger partial charge in [0.05, 0.1) is 0 Å². The number of hydrogen-bond acceptors (Lipinski definition) is 2. The van der Waals surface area contributed by atoms with Gasteiger partial charge in [-0.25, -0.2) is 0 Å². The molecule has 1 heterocycles. The van der Waals surface area contributed by atoms with Gasteiger partial charge in [0.15, 0.2) is 0 Å². The predicted molar refractivity (Wildman–Crippen MR) is 86.0 cm³/mol. The first-order chi connectivity index (χ1) is 10.3. The fourth-order valence-electron chi connectivity index (χ4n) is 5.70. The van der Waals surface area contributed by atoms with Crippen molar-refractivity contribution in [1.82, 2.24) is 10.3 Å². The van der Waals surface area contributed by atoms with Crippen LogP contribution >= 0.6 is 0 Å². The van der Waals surface area contributed by atoms with Crippen LogP contribution in [0.3, 0.4) is 0 Å². The molecule has 1 N–H and O–H groups in total. The number of aromatic nitrogens is 1. The summed E-state index contributed by atoms with van der Waals surface area (Å²) in [5.41, 5.74) is 1.45. The predicted octanol–water partition coefficient (Wildman–Crippen LogP) is 3.85. The highest BCUT2D eigenvalue weighted by Gasteiger charge is 2.66. The van der Waals surface area contributed by atoms with Gasteiger partial charge in [-0.15, -0.1) is 0 Å². The highest BCUT2D eigenvalue weighted by atomic mass is 15.0. The van der Waals surface area contributed by atoms with Gasteiger partial charge in [0.25, 0.3) is 0 Å². The minimum atomic E-state index is 0.606. The number of rotatable bonds is 6. The molecule has 21 heavy (non-hydrogen) atoms. The molecule has 6 atom stereocenters. The van der Waals surface area contributed by atoms with Crippen LogP contribution in [0.1, 0.15) is 51.0 Å². The van der Waals surface area contributed by atoms with E-state index in [4.69, 9.17) is 0 Å². The van der Waals surface area contributed by atoms with E-state index in [1.807, 2.05) is 12.4 Å². The Balaban J connectivity index is 1.53. The zero-order valence-corrected chi connectivity index (χ0v) is 13.3. The van der Waals surface area contributed by atoms with E-state index in [1.54, 1.807) is 6.42 Å². The Morgan fingerprint density at radius 2 is 1.86 bits per heavy atom. The molecule has 114 valence electrons. The maximum atomic E-state index is 4.18. The number of fused-ring (bicyclic) bond motifs is 5. The van der Waals surface area contributed by atoms with Crippen molar-refractivity contribution in [3.63, 3.8) is 0 Å². The van der Waals surface area contributed by atoms with Crippen LogP contribution in [0.5, 0.6) is 0 Å². The number of nitrogens with zero attached hydrogens (tertiary/aromatic N) is 1. The monoisotopic (exact) mass is 284 g/mol. The van der Waals surface area contributed by atoms with E-state index in [0.29, 0.717) is 12.0 Å². The van der Waals surface area contributed by atoms with E-state index in [2.05, 4.69) is 36.3 Å². The summed E-state index contributed by atoms with van der Waals surface area (Å²) in [5, 5.41) is 3.91. The number of pyridine rings is 1. The Hall–Kier alpha value is -0.890. The highest BCUT2D eigenvalue weighted by Crippen LogP contribution is 2.71. The van der Waals surface area contributed by atoms with Crippen molar-refractivity contribution in [3.05, 3.63) is 30.1 Å². The van der Waals surface area contributed by atoms with Crippen LogP contribution in [0.4, 0.5) is 0 Å². The van der Waals surface area contributed by atoms with Crippen molar-refractivity contribution in [3.8, 4) is 0 Å². The Bertz CT molecular complexity index is 470. The third-order valence-corrected chi connectivity index (χ3v) is 6.61. The molecule has 3 fully saturated rings. The summed E-state index contributed by atoms with van der Waals surface area (Å²) in [5.74, 6) is 5.81. The average Bonchev–Trinajstić information content (AvgIpc) is 2.94. The quantitative estimate of drug-likeness (QED) is 0.858. The number of hydrogen-bond donors (Lipinski definition) is 1. The van der Waals surface area contributed by atoms with Gasteiger partial charge in [0, 0.05) is 18.4 Å². The van der Waals surface area contributed by atoms with E-state index in [9.17, 15) is 0 Å². The van der Waals surface area contributed by atoms with Crippen LogP contribution in [-0.2, 0) is 0 Å². The zero-order chi connectivity index (χ0) is 14.4. The van der Waals surface area contributed by atoms with E-state index in [0.717, 1.165) is 36.1 Å². The van der Waals surface area contributed by atoms with Gasteiger partial charge in [-0.05, 0) is 85.4 Å². The molecule has 6 unspecified atom stereocenters. The molecule has 1 aromatic rings. The van der Waals surface area contributed by atoms with Crippen LogP contribution < -0.4 is 5.32 Å². The van der Waals surface area contributed by atoms with Gasteiger partial charge < -0.3 is 5.32 Å². The molecule has 0 radical (unpaired) electrons. The molecule has 2 bridgehead atoms. The minimum Gasteiger partial charge on any atom is -0.313 e. The molecule has 1 aromatic heterocycles. The first kappa shape index (κ1) is 13.8. The fourth-order valence-corrected chi connectivity index (χ4v) is 5.70. The van der Waals surface area contributed by atoms with Crippen LogP contribution in [0.2, 0.25) is 0 Å². The van der Waals surface area contributed by atoms with Crippen molar-refractivity contribution in [1.29, 1.82) is 0 Å². The second-order valence-electron chi connectivity index (χ2n) is 7.61. The third-order valence-electron chi connectivity index (χ3n) is 6.61. The third kappa shape index (κ3) is 2.23. The molecule has 3 aliphatic carbocycles. The van der Waals surface area contributed by atoms with Crippen LogP contribution in [0.25, 0.3) is 0 Å². The lowest BCUT2D eigenvalue weighted by atomic mass is 9.86. The molecule has 3 aliphatic rings. The maximum absolute atomic E-state index is 4.18. The highest BCUT2D eigenvalue weighted by molar-refractivity contribution is 5.23. The van der Waals surface area contributed by atoms with E-state index in [-0.39, 0.29) is 0 Å². The van der Waals surface area contributed by atoms with Gasteiger partial charge in [-0.1, -0.05) is 13.8 Å². The molecule has 0 spiro atoms. The summed E-state index contributed by atoms with van der Waals surface area (Å²) in [7, 11) is 0. The lowest BCUT2D eigenvalue weighted by molar-refractivity contribution is 0.331. The van der Waals surface area contributed by atoms with Gasteiger partial charge in [0.2, 0.25) is 0 Å². The van der Waals surface area contributed by atoms with Crippen molar-refractivity contribution in [2.45, 2.75) is 51.5 Å². The second-order valence-corrected chi connectivity index (χ2v) is 7.61. The van der Waals surface area contributed by atoms with Crippen molar-refractivity contribution < 1.29 is 0 Å². The summed E-state index contributed by atoms with van der Waals surface area (Å²) >= 11 is 0. The van der Waals surface area contributed by atoms with Gasteiger partial charge >= 0.3 is 0 Å². The zero-order valence-electron chi connectivity index (χ0n) is 13.3. The molecular formula is C19H28N2. The fraction of sp³-hybridized carbons (Fsp3) is 0.737. The molecule has 2 heteroatoms. The molecule has 4 rings (SSSR count). The molecule has 0 aliphatic heterocycles. The molecule has 0 saturated heterocycles.